The summed E-state index contributed by atoms with van der Waals surface area (Å²) in [6, 6.07) is 5.12. The lowest BCUT2D eigenvalue weighted by atomic mass is 9.93. The number of hydrogen-bond acceptors (Lipinski definition) is 3. The van der Waals surface area contributed by atoms with Gasteiger partial charge >= 0.3 is 0 Å². The van der Waals surface area contributed by atoms with Gasteiger partial charge < -0.3 is 15.7 Å². The number of hydrogen-bond donors (Lipinski definition) is 2. The van der Waals surface area contributed by atoms with Gasteiger partial charge in [-0.2, -0.15) is 0 Å². The number of halogens is 1. The van der Waals surface area contributed by atoms with Gasteiger partial charge in [-0.15, -0.1) is 0 Å². The van der Waals surface area contributed by atoms with Gasteiger partial charge in [0, 0.05) is 18.3 Å². The fraction of sp³-hybridized carbons (Fsp3) is 0.571. The van der Waals surface area contributed by atoms with E-state index < -0.39 is 0 Å². The van der Waals surface area contributed by atoms with Gasteiger partial charge in [-0.1, -0.05) is 19.3 Å². The summed E-state index contributed by atoms with van der Waals surface area (Å²) >= 11 is 0. The zero-order chi connectivity index (χ0) is 13.0. The van der Waals surface area contributed by atoms with Gasteiger partial charge in [0.2, 0.25) is 0 Å². The first-order valence-electron chi connectivity index (χ1n) is 6.65. The minimum Gasteiger partial charge on any atom is -0.399 e. The molecular weight excluding hydrogens is 231 g/mol. The van der Waals surface area contributed by atoms with Gasteiger partial charge in [0.25, 0.3) is 0 Å². The van der Waals surface area contributed by atoms with Crippen molar-refractivity contribution in [3.05, 3.63) is 24.0 Å². The molecule has 0 heterocycles. The lowest BCUT2D eigenvalue weighted by Gasteiger charge is -2.36. The van der Waals surface area contributed by atoms with Crippen molar-refractivity contribution in [3.63, 3.8) is 0 Å². The lowest BCUT2D eigenvalue weighted by molar-refractivity contribution is 0.289. The Balaban J connectivity index is 2.22. The van der Waals surface area contributed by atoms with Crippen LogP contribution in [0.4, 0.5) is 15.8 Å². The fourth-order valence-electron chi connectivity index (χ4n) is 2.76. The molecule has 3 nitrogen and oxygen atoms in total. The molecule has 0 atom stereocenters. The van der Waals surface area contributed by atoms with Crippen LogP contribution in [0.5, 0.6) is 0 Å². The number of anilines is 2. The van der Waals surface area contributed by atoms with Gasteiger partial charge in [0.1, 0.15) is 5.82 Å². The van der Waals surface area contributed by atoms with Crippen LogP contribution in [0.3, 0.4) is 0 Å². The summed E-state index contributed by atoms with van der Waals surface area (Å²) in [6.45, 7) is 0.520. The maximum absolute atomic E-state index is 14.0. The third kappa shape index (κ3) is 2.93. The van der Waals surface area contributed by atoms with Crippen LogP contribution >= 0.6 is 0 Å². The minimum absolute atomic E-state index is 0.0420. The maximum atomic E-state index is 14.0. The predicted octanol–water partition coefficient (Wildman–Crippen LogP) is 2.54. The summed E-state index contributed by atoms with van der Waals surface area (Å²) in [5, 5.41) is 9.19. The Morgan fingerprint density at radius 3 is 2.61 bits per heavy atom. The van der Waals surface area contributed by atoms with Crippen molar-refractivity contribution < 1.29 is 9.50 Å². The number of nitrogen functional groups attached to an aromatic ring is 1. The van der Waals surface area contributed by atoms with E-state index in [0.29, 0.717) is 24.0 Å². The van der Waals surface area contributed by atoms with Crippen LogP contribution in [0.1, 0.15) is 32.1 Å². The average Bonchev–Trinajstić information content (AvgIpc) is 2.38. The van der Waals surface area contributed by atoms with E-state index in [-0.39, 0.29) is 12.4 Å². The highest BCUT2D eigenvalue weighted by Crippen LogP contribution is 2.29. The summed E-state index contributed by atoms with van der Waals surface area (Å²) in [5.41, 5.74) is 6.57. The first kappa shape index (κ1) is 13.1. The molecule has 0 aliphatic heterocycles. The molecule has 0 unspecified atom stereocenters. The van der Waals surface area contributed by atoms with E-state index in [4.69, 9.17) is 5.73 Å². The molecule has 3 N–H and O–H groups in total. The van der Waals surface area contributed by atoms with Gasteiger partial charge in [-0.05, 0) is 31.0 Å². The molecule has 0 aromatic heterocycles. The number of aliphatic hydroxyl groups is 1. The summed E-state index contributed by atoms with van der Waals surface area (Å²) in [5.74, 6) is -0.297. The largest absolute Gasteiger partial charge is 0.399 e. The highest BCUT2D eigenvalue weighted by atomic mass is 19.1. The number of benzene rings is 1. The molecule has 1 aromatic carbocycles. The number of nitrogens with two attached hydrogens (primary N) is 1. The molecule has 18 heavy (non-hydrogen) atoms. The third-order valence-electron chi connectivity index (χ3n) is 3.64. The Kier molecular flexibility index (Phi) is 4.42. The summed E-state index contributed by atoms with van der Waals surface area (Å²) in [4.78, 5) is 1.99. The van der Waals surface area contributed by atoms with Crippen molar-refractivity contribution in [2.75, 3.05) is 23.8 Å². The SMILES string of the molecule is Nc1ccc(N(CCO)C2CCCCC2)c(F)c1. The van der Waals surface area contributed by atoms with E-state index in [0.717, 1.165) is 12.8 Å². The molecule has 4 heteroatoms. The lowest BCUT2D eigenvalue weighted by Crippen LogP contribution is -2.39. The Hall–Kier alpha value is -1.29. The zero-order valence-electron chi connectivity index (χ0n) is 10.6. The Morgan fingerprint density at radius 1 is 1.28 bits per heavy atom. The number of aliphatic hydroxyl groups excluding tert-OH is 1. The van der Waals surface area contributed by atoms with E-state index >= 15 is 0 Å². The third-order valence-corrected chi connectivity index (χ3v) is 3.64. The van der Waals surface area contributed by atoms with Crippen molar-refractivity contribution in [1.82, 2.24) is 0 Å². The average molecular weight is 252 g/mol. The van der Waals surface area contributed by atoms with Crippen LogP contribution in [0.2, 0.25) is 0 Å². The second-order valence-electron chi connectivity index (χ2n) is 4.92. The Morgan fingerprint density at radius 2 is 2.00 bits per heavy atom. The van der Waals surface area contributed by atoms with Crippen molar-refractivity contribution in [2.45, 2.75) is 38.1 Å². The highest BCUT2D eigenvalue weighted by molar-refractivity contribution is 5.55. The summed E-state index contributed by atoms with van der Waals surface area (Å²) < 4.78 is 14.0. The zero-order valence-corrected chi connectivity index (χ0v) is 10.6. The minimum atomic E-state index is -0.297. The molecule has 0 bridgehead atoms. The normalized spacial score (nSPS) is 16.8. The fourth-order valence-corrected chi connectivity index (χ4v) is 2.76. The van der Waals surface area contributed by atoms with E-state index in [1.54, 1.807) is 12.1 Å². The first-order chi connectivity index (χ1) is 8.72. The van der Waals surface area contributed by atoms with Crippen LogP contribution < -0.4 is 10.6 Å². The van der Waals surface area contributed by atoms with Crippen LogP contribution in [0.25, 0.3) is 0 Å². The van der Waals surface area contributed by atoms with E-state index in [1.807, 2.05) is 4.90 Å². The van der Waals surface area contributed by atoms with Crippen molar-refractivity contribution >= 4 is 11.4 Å². The maximum Gasteiger partial charge on any atom is 0.148 e. The van der Waals surface area contributed by atoms with Gasteiger partial charge in [-0.25, -0.2) is 4.39 Å². The molecule has 0 spiro atoms. The summed E-state index contributed by atoms with van der Waals surface area (Å²) in [6.07, 6.45) is 5.77. The van der Waals surface area contributed by atoms with E-state index in [1.165, 1.54) is 25.3 Å². The van der Waals surface area contributed by atoms with E-state index in [9.17, 15) is 9.50 Å². The quantitative estimate of drug-likeness (QED) is 0.810. The molecule has 1 aromatic rings. The molecule has 2 rings (SSSR count). The molecule has 0 amide bonds. The van der Waals surface area contributed by atoms with Gasteiger partial charge in [0.05, 0.1) is 12.3 Å². The van der Waals surface area contributed by atoms with E-state index in [2.05, 4.69) is 0 Å². The number of rotatable bonds is 4. The molecular formula is C14H21FN2O. The molecule has 1 saturated carbocycles. The first-order valence-corrected chi connectivity index (χ1v) is 6.65. The van der Waals surface area contributed by atoms with Crippen LogP contribution in [-0.2, 0) is 0 Å². The smallest absolute Gasteiger partial charge is 0.148 e. The van der Waals surface area contributed by atoms with Crippen molar-refractivity contribution in [1.29, 1.82) is 0 Å². The van der Waals surface area contributed by atoms with Crippen LogP contribution in [-0.4, -0.2) is 24.3 Å². The second kappa shape index (κ2) is 6.05. The molecule has 100 valence electrons. The monoisotopic (exact) mass is 252 g/mol. The van der Waals surface area contributed by atoms with Crippen molar-refractivity contribution in [3.8, 4) is 0 Å². The highest BCUT2D eigenvalue weighted by Gasteiger charge is 2.23. The summed E-state index contributed by atoms with van der Waals surface area (Å²) in [7, 11) is 0. The van der Waals surface area contributed by atoms with Crippen LogP contribution in [0, 0.1) is 5.82 Å². The number of nitrogens with zero attached hydrogens (tertiary/aromatic N) is 1. The molecule has 0 radical (unpaired) electrons. The Bertz CT molecular complexity index is 391. The molecule has 1 aliphatic carbocycles. The molecule has 1 aliphatic rings. The predicted molar refractivity (Wildman–Crippen MR) is 72.1 cm³/mol. The molecule has 0 saturated heterocycles. The topological polar surface area (TPSA) is 49.5 Å². The molecule has 1 fully saturated rings. The second-order valence-corrected chi connectivity index (χ2v) is 4.92. The van der Waals surface area contributed by atoms with Crippen LogP contribution in [0.15, 0.2) is 18.2 Å². The van der Waals surface area contributed by atoms with Crippen molar-refractivity contribution in [2.24, 2.45) is 0 Å². The Labute approximate surface area is 107 Å². The van der Waals surface area contributed by atoms with Gasteiger partial charge in [0.15, 0.2) is 0 Å². The standard InChI is InChI=1S/C14H21FN2O/c15-13-10-11(16)6-7-14(13)17(8-9-18)12-4-2-1-3-5-12/h6-7,10,12,18H,1-5,8-9,16H2. The van der Waals surface area contributed by atoms with Gasteiger partial charge in [-0.3, -0.25) is 0 Å².